The van der Waals surface area contributed by atoms with E-state index in [4.69, 9.17) is 18.9 Å². The molecule has 0 atom stereocenters. The Kier molecular flexibility index (Phi) is 25.3. The molecule has 0 fully saturated rings. The van der Waals surface area contributed by atoms with Gasteiger partial charge in [0.1, 0.15) is 13.2 Å². The van der Waals surface area contributed by atoms with Crippen molar-refractivity contribution in [2.45, 2.75) is 129 Å². The van der Waals surface area contributed by atoms with Crippen molar-refractivity contribution >= 4 is 23.9 Å². The van der Waals surface area contributed by atoms with Crippen LogP contribution in [0.4, 0.5) is 0 Å². The maximum atomic E-state index is 12.1. The van der Waals surface area contributed by atoms with Gasteiger partial charge in [0.2, 0.25) is 0 Å². The standard InChI is InChI=1S/C31H56O10/c1-3-5-7-9-11-13-21-38-27(34)17-15-19-29(36)40-25-31(23-32,24-33)26-41-30(37)20-16-18-28(35)39-22-14-12-10-8-6-4-2/h32-33H,3-26H2,1-2H3. The first-order valence-electron chi connectivity index (χ1n) is 15.7. The van der Waals surface area contributed by atoms with Crippen LogP contribution in [0.1, 0.15) is 129 Å². The van der Waals surface area contributed by atoms with E-state index in [1.807, 2.05) is 0 Å². The quantitative estimate of drug-likeness (QED) is 0.0711. The Bertz CT molecular complexity index is 636. The first-order valence-corrected chi connectivity index (χ1v) is 15.7. The minimum absolute atomic E-state index is 0.0200. The fraction of sp³-hybridized carbons (Fsp3) is 0.871. The van der Waals surface area contributed by atoms with Crippen LogP contribution < -0.4 is 0 Å². The number of rotatable bonds is 28. The second-order valence-electron chi connectivity index (χ2n) is 10.8. The zero-order chi connectivity index (χ0) is 30.6. The van der Waals surface area contributed by atoms with E-state index in [0.29, 0.717) is 13.2 Å². The molecule has 0 bridgehead atoms. The summed E-state index contributed by atoms with van der Waals surface area (Å²) in [6, 6.07) is 0. The van der Waals surface area contributed by atoms with Gasteiger partial charge in [-0.3, -0.25) is 19.2 Å². The molecule has 0 saturated carbocycles. The molecule has 2 N–H and O–H groups in total. The van der Waals surface area contributed by atoms with E-state index in [1.54, 1.807) is 0 Å². The first kappa shape index (κ1) is 38.8. The largest absolute Gasteiger partial charge is 0.466 e. The molecule has 0 rings (SSSR count). The van der Waals surface area contributed by atoms with Crippen molar-refractivity contribution in [3.63, 3.8) is 0 Å². The molecule has 0 radical (unpaired) electrons. The van der Waals surface area contributed by atoms with Gasteiger partial charge in [0, 0.05) is 25.7 Å². The van der Waals surface area contributed by atoms with Crippen molar-refractivity contribution < 1.29 is 48.3 Å². The number of hydrogen-bond acceptors (Lipinski definition) is 10. The molecule has 0 saturated heterocycles. The van der Waals surface area contributed by atoms with Crippen molar-refractivity contribution in [2.24, 2.45) is 5.41 Å². The van der Waals surface area contributed by atoms with E-state index < -0.39 is 30.6 Å². The molecule has 41 heavy (non-hydrogen) atoms. The van der Waals surface area contributed by atoms with Crippen molar-refractivity contribution in [1.29, 1.82) is 0 Å². The van der Waals surface area contributed by atoms with Crippen molar-refractivity contribution in [3.05, 3.63) is 0 Å². The number of carbonyl (C=O) groups excluding carboxylic acids is 4. The molecule has 0 aromatic heterocycles. The van der Waals surface area contributed by atoms with Gasteiger partial charge in [-0.1, -0.05) is 78.1 Å². The number of carbonyl (C=O) groups is 4. The van der Waals surface area contributed by atoms with Crippen LogP contribution in [0.25, 0.3) is 0 Å². The lowest BCUT2D eigenvalue weighted by molar-refractivity contribution is -0.159. The molecular formula is C31H56O10. The highest BCUT2D eigenvalue weighted by molar-refractivity contribution is 5.73. The summed E-state index contributed by atoms with van der Waals surface area (Å²) in [6.07, 6.45) is 13.9. The Hall–Kier alpha value is -2.20. The van der Waals surface area contributed by atoms with E-state index in [1.165, 1.54) is 38.5 Å². The second-order valence-corrected chi connectivity index (χ2v) is 10.8. The van der Waals surface area contributed by atoms with Gasteiger partial charge < -0.3 is 29.2 Å². The minimum Gasteiger partial charge on any atom is -0.466 e. The molecule has 240 valence electrons. The van der Waals surface area contributed by atoms with Gasteiger partial charge in [-0.25, -0.2) is 0 Å². The average Bonchev–Trinajstić information content (AvgIpc) is 2.96. The van der Waals surface area contributed by atoms with Crippen LogP contribution in [-0.4, -0.2) is 73.7 Å². The number of esters is 4. The van der Waals surface area contributed by atoms with Gasteiger partial charge in [-0.15, -0.1) is 0 Å². The lowest BCUT2D eigenvalue weighted by Gasteiger charge is -2.28. The summed E-state index contributed by atoms with van der Waals surface area (Å²) in [6.45, 7) is 3.25. The minimum atomic E-state index is -1.35. The van der Waals surface area contributed by atoms with Gasteiger partial charge in [0.25, 0.3) is 0 Å². The van der Waals surface area contributed by atoms with Gasteiger partial charge in [0.05, 0.1) is 31.8 Å². The fourth-order valence-corrected chi connectivity index (χ4v) is 3.92. The number of ether oxygens (including phenoxy) is 4. The van der Waals surface area contributed by atoms with Crippen LogP contribution in [0.15, 0.2) is 0 Å². The van der Waals surface area contributed by atoms with E-state index >= 15 is 0 Å². The third-order valence-electron chi connectivity index (χ3n) is 6.79. The average molecular weight is 589 g/mol. The van der Waals surface area contributed by atoms with E-state index in [-0.39, 0.29) is 63.7 Å². The van der Waals surface area contributed by atoms with Crippen LogP contribution in [0.5, 0.6) is 0 Å². The van der Waals surface area contributed by atoms with Crippen molar-refractivity contribution in [2.75, 3.05) is 39.6 Å². The zero-order valence-electron chi connectivity index (χ0n) is 25.6. The summed E-state index contributed by atoms with van der Waals surface area (Å²) >= 11 is 0. The van der Waals surface area contributed by atoms with E-state index in [0.717, 1.165) is 38.5 Å². The van der Waals surface area contributed by atoms with Crippen LogP contribution in [0.2, 0.25) is 0 Å². The monoisotopic (exact) mass is 588 g/mol. The van der Waals surface area contributed by atoms with Crippen LogP contribution in [-0.2, 0) is 38.1 Å². The Labute approximate surface area is 246 Å². The van der Waals surface area contributed by atoms with Crippen molar-refractivity contribution in [3.8, 4) is 0 Å². The Morgan fingerprint density at radius 3 is 1.12 bits per heavy atom. The Balaban J connectivity index is 4.06. The molecule has 0 amide bonds. The van der Waals surface area contributed by atoms with Gasteiger partial charge in [-0.2, -0.15) is 0 Å². The molecule has 0 aromatic rings. The lowest BCUT2D eigenvalue weighted by atomic mass is 9.92. The molecule has 0 aliphatic heterocycles. The van der Waals surface area contributed by atoms with Gasteiger partial charge in [-0.05, 0) is 25.7 Å². The molecule has 10 heteroatoms. The third-order valence-corrected chi connectivity index (χ3v) is 6.79. The molecule has 0 aromatic carbocycles. The summed E-state index contributed by atoms with van der Waals surface area (Å²) in [4.78, 5) is 47.8. The van der Waals surface area contributed by atoms with Crippen LogP contribution >= 0.6 is 0 Å². The molecule has 0 aliphatic rings. The maximum Gasteiger partial charge on any atom is 0.305 e. The van der Waals surface area contributed by atoms with Gasteiger partial charge in [0.15, 0.2) is 0 Å². The highest BCUT2D eigenvalue weighted by atomic mass is 16.6. The Morgan fingerprint density at radius 1 is 0.463 bits per heavy atom. The third kappa shape index (κ3) is 23.1. The molecule has 0 spiro atoms. The fourth-order valence-electron chi connectivity index (χ4n) is 3.92. The number of unbranched alkanes of at least 4 members (excludes halogenated alkanes) is 10. The molecule has 0 aliphatic carbocycles. The Morgan fingerprint density at radius 2 is 0.780 bits per heavy atom. The molecular weight excluding hydrogens is 532 g/mol. The smallest absolute Gasteiger partial charge is 0.305 e. The maximum absolute atomic E-state index is 12.1. The van der Waals surface area contributed by atoms with Gasteiger partial charge >= 0.3 is 23.9 Å². The van der Waals surface area contributed by atoms with E-state index in [2.05, 4.69) is 13.8 Å². The summed E-state index contributed by atoms with van der Waals surface area (Å²) in [7, 11) is 0. The molecule has 10 nitrogen and oxygen atoms in total. The number of aliphatic hydroxyl groups is 2. The second kappa shape index (κ2) is 26.7. The van der Waals surface area contributed by atoms with Crippen LogP contribution in [0.3, 0.4) is 0 Å². The highest BCUT2D eigenvalue weighted by Gasteiger charge is 2.33. The number of aliphatic hydroxyl groups excluding tert-OH is 2. The highest BCUT2D eigenvalue weighted by Crippen LogP contribution is 2.19. The topological polar surface area (TPSA) is 146 Å². The van der Waals surface area contributed by atoms with E-state index in [9.17, 15) is 29.4 Å². The SMILES string of the molecule is CCCCCCCCOC(=O)CCCC(=O)OCC(CO)(CO)COC(=O)CCCC(=O)OCCCCCCCC. The normalized spacial score (nSPS) is 11.2. The lowest BCUT2D eigenvalue weighted by Crippen LogP contribution is -2.41. The zero-order valence-corrected chi connectivity index (χ0v) is 25.6. The molecule has 0 unspecified atom stereocenters. The number of hydrogen-bond donors (Lipinski definition) is 2. The predicted octanol–water partition coefficient (Wildman–Crippen LogP) is 5.19. The first-order chi connectivity index (χ1) is 19.8. The summed E-state index contributed by atoms with van der Waals surface area (Å²) < 4.78 is 20.7. The van der Waals surface area contributed by atoms with Crippen molar-refractivity contribution in [1.82, 2.24) is 0 Å². The summed E-state index contributed by atoms with van der Waals surface area (Å²) in [5, 5.41) is 19.5. The van der Waals surface area contributed by atoms with Crippen LogP contribution in [0, 0.1) is 5.41 Å². The molecule has 0 heterocycles. The summed E-state index contributed by atoms with van der Waals surface area (Å²) in [5.74, 6) is -1.90. The summed E-state index contributed by atoms with van der Waals surface area (Å²) in [5.41, 5.74) is -1.35. The predicted molar refractivity (Wildman–Crippen MR) is 155 cm³/mol.